The van der Waals surface area contributed by atoms with Crippen LogP contribution >= 0.6 is 15.9 Å². The molecule has 4 heteroatoms. The first-order valence-corrected chi connectivity index (χ1v) is 8.10. The van der Waals surface area contributed by atoms with Gasteiger partial charge in [-0.1, -0.05) is 42.8 Å². The molecule has 0 radical (unpaired) electrons. The number of benzene rings is 1. The molecule has 0 aliphatic carbocycles. The van der Waals surface area contributed by atoms with Crippen molar-refractivity contribution in [3.63, 3.8) is 0 Å². The fraction of sp³-hybridized carbons (Fsp3) is 0.625. The van der Waals surface area contributed by atoms with Gasteiger partial charge >= 0.3 is 0 Å². The average molecular weight is 343 g/mol. The number of anilines is 1. The van der Waals surface area contributed by atoms with E-state index >= 15 is 0 Å². The normalized spacial score (nSPS) is 11.1. The molecule has 0 bridgehead atoms. The third kappa shape index (κ3) is 5.81. The number of hydrogen-bond donors (Lipinski definition) is 1. The van der Waals surface area contributed by atoms with Crippen molar-refractivity contribution in [3.8, 4) is 0 Å². The molecule has 0 atom stereocenters. The zero-order valence-electron chi connectivity index (χ0n) is 13.1. The second-order valence-electron chi connectivity index (χ2n) is 5.39. The van der Waals surface area contributed by atoms with Crippen LogP contribution in [0.25, 0.3) is 0 Å². The predicted molar refractivity (Wildman–Crippen MR) is 90.4 cm³/mol. The quantitative estimate of drug-likeness (QED) is 0.740. The van der Waals surface area contributed by atoms with E-state index < -0.39 is 0 Å². The van der Waals surface area contributed by atoms with Crippen LogP contribution in [0.15, 0.2) is 22.7 Å². The highest BCUT2D eigenvalue weighted by atomic mass is 79.9. The molecule has 0 heterocycles. The van der Waals surface area contributed by atoms with E-state index in [9.17, 15) is 0 Å². The lowest BCUT2D eigenvalue weighted by atomic mass is 10.1. The maximum atomic E-state index is 5.22. The summed E-state index contributed by atoms with van der Waals surface area (Å²) in [5.41, 5.74) is 2.55. The summed E-state index contributed by atoms with van der Waals surface area (Å²) in [4.78, 5) is 2.38. The van der Waals surface area contributed by atoms with Gasteiger partial charge in [-0.3, -0.25) is 0 Å². The van der Waals surface area contributed by atoms with Crippen LogP contribution in [0, 0.1) is 5.92 Å². The van der Waals surface area contributed by atoms with E-state index in [1.54, 1.807) is 7.11 Å². The summed E-state index contributed by atoms with van der Waals surface area (Å²) in [6, 6.07) is 6.61. The zero-order chi connectivity index (χ0) is 15.0. The lowest BCUT2D eigenvalue weighted by Gasteiger charge is -2.27. The van der Waals surface area contributed by atoms with Gasteiger partial charge in [0.2, 0.25) is 0 Å². The van der Waals surface area contributed by atoms with Gasteiger partial charge in [-0.2, -0.15) is 0 Å². The van der Waals surface area contributed by atoms with Crippen LogP contribution in [0.5, 0.6) is 0 Å². The fourth-order valence-electron chi connectivity index (χ4n) is 2.10. The van der Waals surface area contributed by atoms with Crippen LogP contribution in [0.4, 0.5) is 5.69 Å². The number of nitrogens with zero attached hydrogens (tertiary/aromatic N) is 1. The molecule has 0 amide bonds. The Balaban J connectivity index is 2.82. The van der Waals surface area contributed by atoms with Crippen molar-refractivity contribution >= 4 is 21.6 Å². The van der Waals surface area contributed by atoms with Gasteiger partial charge < -0.3 is 15.0 Å². The predicted octanol–water partition coefficient (Wildman–Crippen LogP) is 3.67. The van der Waals surface area contributed by atoms with Gasteiger partial charge in [0.25, 0.3) is 0 Å². The van der Waals surface area contributed by atoms with Crippen molar-refractivity contribution in [3.05, 3.63) is 28.2 Å². The lowest BCUT2D eigenvalue weighted by molar-refractivity contribution is 0.204. The molecule has 0 unspecified atom stereocenters. The Morgan fingerprint density at radius 3 is 2.65 bits per heavy atom. The molecule has 0 saturated heterocycles. The molecule has 1 rings (SSSR count). The highest BCUT2D eigenvalue weighted by molar-refractivity contribution is 9.10. The Hall–Kier alpha value is -0.580. The highest BCUT2D eigenvalue weighted by Gasteiger charge is 2.10. The monoisotopic (exact) mass is 342 g/mol. The van der Waals surface area contributed by atoms with Gasteiger partial charge in [0.1, 0.15) is 0 Å². The van der Waals surface area contributed by atoms with Gasteiger partial charge in [0.05, 0.1) is 6.61 Å². The molecular weight excluding hydrogens is 316 g/mol. The van der Waals surface area contributed by atoms with Crippen LogP contribution in [-0.4, -0.2) is 33.4 Å². The summed E-state index contributed by atoms with van der Waals surface area (Å²) in [5.74, 6) is 0.632. The Labute approximate surface area is 131 Å². The standard InChI is InChI=1S/C16H27BrN2O/c1-5-18-11-14-6-7-15(10-16(14)17)19(8-9-20-4)12-13(2)3/h6-7,10,13,18H,5,8-9,11-12H2,1-4H3. The second-order valence-corrected chi connectivity index (χ2v) is 6.24. The van der Waals surface area contributed by atoms with Crippen molar-refractivity contribution < 1.29 is 4.74 Å². The molecule has 0 spiro atoms. The average Bonchev–Trinajstić information content (AvgIpc) is 2.41. The van der Waals surface area contributed by atoms with Gasteiger partial charge in [0, 0.05) is 36.9 Å². The summed E-state index contributed by atoms with van der Waals surface area (Å²) < 4.78 is 6.39. The summed E-state index contributed by atoms with van der Waals surface area (Å²) >= 11 is 3.68. The third-order valence-corrected chi connectivity index (χ3v) is 3.86. The topological polar surface area (TPSA) is 24.5 Å². The summed E-state index contributed by atoms with van der Waals surface area (Å²) in [7, 11) is 1.75. The van der Waals surface area contributed by atoms with Crippen molar-refractivity contribution in [1.29, 1.82) is 0 Å². The molecule has 3 nitrogen and oxygen atoms in total. The van der Waals surface area contributed by atoms with Gasteiger partial charge in [-0.05, 0) is 30.2 Å². The molecule has 0 saturated carbocycles. The fourth-order valence-corrected chi connectivity index (χ4v) is 2.61. The summed E-state index contributed by atoms with van der Waals surface area (Å²) in [6.45, 7) is 11.2. The summed E-state index contributed by atoms with van der Waals surface area (Å²) in [6.07, 6.45) is 0. The summed E-state index contributed by atoms with van der Waals surface area (Å²) in [5, 5.41) is 3.36. The number of hydrogen-bond acceptors (Lipinski definition) is 3. The second kappa shape index (κ2) is 9.37. The first-order valence-electron chi connectivity index (χ1n) is 7.31. The number of ether oxygens (including phenoxy) is 1. The van der Waals surface area contributed by atoms with Crippen LogP contribution in [-0.2, 0) is 11.3 Å². The largest absolute Gasteiger partial charge is 0.383 e. The zero-order valence-corrected chi connectivity index (χ0v) is 14.7. The first kappa shape index (κ1) is 17.5. The third-order valence-electron chi connectivity index (χ3n) is 3.12. The Morgan fingerprint density at radius 2 is 2.10 bits per heavy atom. The minimum atomic E-state index is 0.632. The molecule has 1 aromatic carbocycles. The van der Waals surface area contributed by atoms with Crippen LogP contribution < -0.4 is 10.2 Å². The van der Waals surface area contributed by atoms with E-state index in [0.29, 0.717) is 5.92 Å². The molecule has 114 valence electrons. The Morgan fingerprint density at radius 1 is 1.35 bits per heavy atom. The van der Waals surface area contributed by atoms with Gasteiger partial charge in [-0.15, -0.1) is 0 Å². The molecule has 0 aliphatic heterocycles. The van der Waals surface area contributed by atoms with E-state index in [4.69, 9.17) is 4.74 Å². The van der Waals surface area contributed by atoms with Crippen molar-refractivity contribution in [2.45, 2.75) is 27.3 Å². The van der Waals surface area contributed by atoms with E-state index in [1.165, 1.54) is 15.7 Å². The van der Waals surface area contributed by atoms with Crippen molar-refractivity contribution in [1.82, 2.24) is 5.32 Å². The maximum Gasteiger partial charge on any atom is 0.0637 e. The van der Waals surface area contributed by atoms with Crippen LogP contribution in [0.2, 0.25) is 0 Å². The van der Waals surface area contributed by atoms with E-state index in [-0.39, 0.29) is 0 Å². The first-order chi connectivity index (χ1) is 9.58. The maximum absolute atomic E-state index is 5.22. The van der Waals surface area contributed by atoms with E-state index in [1.807, 2.05) is 0 Å². The van der Waals surface area contributed by atoms with E-state index in [0.717, 1.165) is 32.8 Å². The molecule has 1 N–H and O–H groups in total. The minimum absolute atomic E-state index is 0.632. The van der Waals surface area contributed by atoms with Crippen molar-refractivity contribution in [2.24, 2.45) is 5.92 Å². The van der Waals surface area contributed by atoms with E-state index in [2.05, 4.69) is 65.1 Å². The smallest absolute Gasteiger partial charge is 0.0637 e. The number of nitrogens with one attached hydrogen (secondary N) is 1. The molecule has 0 aromatic heterocycles. The van der Waals surface area contributed by atoms with Gasteiger partial charge in [-0.25, -0.2) is 0 Å². The lowest BCUT2D eigenvalue weighted by Crippen LogP contribution is -2.31. The minimum Gasteiger partial charge on any atom is -0.383 e. The van der Waals surface area contributed by atoms with Crippen molar-refractivity contribution in [2.75, 3.05) is 38.3 Å². The number of rotatable bonds is 9. The molecule has 0 aliphatic rings. The van der Waals surface area contributed by atoms with Gasteiger partial charge in [0.15, 0.2) is 0 Å². The highest BCUT2D eigenvalue weighted by Crippen LogP contribution is 2.25. The molecule has 0 fully saturated rings. The van der Waals surface area contributed by atoms with Crippen LogP contribution in [0.1, 0.15) is 26.3 Å². The molecular formula is C16H27BrN2O. The Kier molecular flexibility index (Phi) is 8.19. The molecule has 20 heavy (non-hydrogen) atoms. The number of methoxy groups -OCH3 is 1. The van der Waals surface area contributed by atoms with Crippen LogP contribution in [0.3, 0.4) is 0 Å². The Bertz CT molecular complexity index is 396. The SMILES string of the molecule is CCNCc1ccc(N(CCOC)CC(C)C)cc1Br. The number of halogens is 1. The molecule has 1 aromatic rings.